The van der Waals surface area contributed by atoms with Crippen LogP contribution in [0.3, 0.4) is 0 Å². The van der Waals surface area contributed by atoms with Crippen LogP contribution >= 0.6 is 11.6 Å². The molecule has 17 heavy (non-hydrogen) atoms. The predicted molar refractivity (Wildman–Crippen MR) is 71.8 cm³/mol. The van der Waals surface area contributed by atoms with E-state index in [1.165, 1.54) is 4.31 Å². The van der Waals surface area contributed by atoms with Gasteiger partial charge in [-0.05, 0) is 18.1 Å². The van der Waals surface area contributed by atoms with Gasteiger partial charge in [0.2, 0.25) is 10.0 Å². The summed E-state index contributed by atoms with van der Waals surface area (Å²) >= 11 is 5.52. The van der Waals surface area contributed by atoms with Crippen LogP contribution in [0.4, 0.5) is 0 Å². The van der Waals surface area contributed by atoms with E-state index in [2.05, 4.69) is 0 Å². The van der Waals surface area contributed by atoms with E-state index in [1.807, 2.05) is 38.1 Å². The molecule has 3 nitrogen and oxygen atoms in total. The van der Waals surface area contributed by atoms with Gasteiger partial charge >= 0.3 is 0 Å². The first-order valence-electron chi connectivity index (χ1n) is 5.59. The predicted octanol–water partition coefficient (Wildman–Crippen LogP) is 2.39. The van der Waals surface area contributed by atoms with E-state index in [0.717, 1.165) is 11.1 Å². The Morgan fingerprint density at radius 3 is 2.47 bits per heavy atom. The maximum atomic E-state index is 11.9. The van der Waals surface area contributed by atoms with Crippen LogP contribution in [0.15, 0.2) is 24.3 Å². The molecule has 0 spiro atoms. The highest BCUT2D eigenvalue weighted by Gasteiger charge is 2.20. The second-order valence-electron chi connectivity index (χ2n) is 3.86. The van der Waals surface area contributed by atoms with Gasteiger partial charge in [-0.25, -0.2) is 8.42 Å². The van der Waals surface area contributed by atoms with Crippen LogP contribution < -0.4 is 0 Å². The number of hydrogen-bond acceptors (Lipinski definition) is 2. The number of halogens is 1. The normalized spacial score (nSPS) is 12.0. The molecule has 0 heterocycles. The molecule has 0 fully saturated rings. The average Bonchev–Trinajstić information content (AvgIpc) is 2.27. The summed E-state index contributed by atoms with van der Waals surface area (Å²) in [5.74, 6) is 0.126. The summed E-state index contributed by atoms with van der Waals surface area (Å²) in [5, 5.41) is 0. The van der Waals surface area contributed by atoms with Crippen LogP contribution in [-0.2, 0) is 16.6 Å². The Balaban J connectivity index is 2.88. The van der Waals surface area contributed by atoms with Gasteiger partial charge in [0, 0.05) is 19.0 Å². The molecule has 0 bridgehead atoms. The van der Waals surface area contributed by atoms with Gasteiger partial charge in [0.05, 0.1) is 5.75 Å². The third-order valence-electron chi connectivity index (χ3n) is 2.69. The molecule has 96 valence electrons. The largest absolute Gasteiger partial charge is 0.215 e. The van der Waals surface area contributed by atoms with Gasteiger partial charge in [-0.2, -0.15) is 4.31 Å². The second kappa shape index (κ2) is 6.38. The number of alkyl halides is 1. The minimum absolute atomic E-state index is 0.00568. The lowest BCUT2D eigenvalue weighted by Gasteiger charge is -2.20. The van der Waals surface area contributed by atoms with Crippen LogP contribution in [-0.4, -0.2) is 30.9 Å². The highest BCUT2D eigenvalue weighted by Crippen LogP contribution is 2.13. The van der Waals surface area contributed by atoms with Gasteiger partial charge < -0.3 is 0 Å². The Morgan fingerprint density at radius 1 is 1.29 bits per heavy atom. The summed E-state index contributed by atoms with van der Waals surface area (Å²) in [7, 11) is -3.24. The maximum absolute atomic E-state index is 11.9. The minimum atomic E-state index is -3.24. The summed E-state index contributed by atoms with van der Waals surface area (Å²) in [6.45, 7) is 4.71. The van der Waals surface area contributed by atoms with Gasteiger partial charge in [-0.15, -0.1) is 11.6 Å². The molecule has 0 aliphatic rings. The smallest absolute Gasteiger partial charge is 0.212 e. The van der Waals surface area contributed by atoms with Gasteiger partial charge in [-0.3, -0.25) is 0 Å². The molecule has 0 N–H and O–H groups in total. The highest BCUT2D eigenvalue weighted by atomic mass is 35.5. The number of sulfonamides is 1. The number of rotatable bonds is 6. The summed E-state index contributed by atoms with van der Waals surface area (Å²) in [4.78, 5) is 0. The summed E-state index contributed by atoms with van der Waals surface area (Å²) < 4.78 is 25.3. The van der Waals surface area contributed by atoms with Crippen molar-refractivity contribution in [3.63, 3.8) is 0 Å². The standard InChI is InChI=1S/C12H18ClNO2S/c1-3-14(17(15,16)9-8-13)10-12-7-5-4-6-11(12)2/h4-7H,3,8-10H2,1-2H3. The van der Waals surface area contributed by atoms with Crippen molar-refractivity contribution in [1.82, 2.24) is 4.31 Å². The number of aryl methyl sites for hydroxylation is 1. The zero-order chi connectivity index (χ0) is 12.9. The first-order chi connectivity index (χ1) is 8.01. The number of benzene rings is 1. The summed E-state index contributed by atoms with van der Waals surface area (Å²) in [6.07, 6.45) is 0. The fourth-order valence-electron chi connectivity index (χ4n) is 1.61. The van der Waals surface area contributed by atoms with Crippen molar-refractivity contribution in [3.8, 4) is 0 Å². The zero-order valence-corrected chi connectivity index (χ0v) is 11.8. The van der Waals surface area contributed by atoms with Crippen LogP contribution in [0.1, 0.15) is 18.1 Å². The minimum Gasteiger partial charge on any atom is -0.212 e. The molecule has 0 aliphatic carbocycles. The molecule has 0 radical (unpaired) electrons. The van der Waals surface area contributed by atoms with Crippen molar-refractivity contribution in [2.45, 2.75) is 20.4 Å². The quantitative estimate of drug-likeness (QED) is 0.748. The van der Waals surface area contributed by atoms with Crippen LogP contribution in [0.2, 0.25) is 0 Å². The fraction of sp³-hybridized carbons (Fsp3) is 0.500. The van der Waals surface area contributed by atoms with E-state index in [9.17, 15) is 8.42 Å². The van der Waals surface area contributed by atoms with E-state index in [-0.39, 0.29) is 11.6 Å². The molecule has 0 aliphatic heterocycles. The van der Waals surface area contributed by atoms with Crippen molar-refractivity contribution >= 4 is 21.6 Å². The molecule has 0 saturated carbocycles. The van der Waals surface area contributed by atoms with E-state index in [0.29, 0.717) is 13.1 Å². The Labute approximate surface area is 108 Å². The third-order valence-corrected chi connectivity index (χ3v) is 5.00. The Kier molecular flexibility index (Phi) is 5.43. The van der Waals surface area contributed by atoms with Gasteiger partial charge in [-0.1, -0.05) is 31.2 Å². The molecule has 0 unspecified atom stereocenters. The molecule has 1 aromatic carbocycles. The molecule has 0 aromatic heterocycles. The first kappa shape index (κ1) is 14.5. The van der Waals surface area contributed by atoms with E-state index in [4.69, 9.17) is 11.6 Å². The van der Waals surface area contributed by atoms with Gasteiger partial charge in [0.25, 0.3) is 0 Å². The van der Waals surface area contributed by atoms with E-state index < -0.39 is 10.0 Å². The summed E-state index contributed by atoms with van der Waals surface area (Å²) in [6, 6.07) is 7.80. The zero-order valence-electron chi connectivity index (χ0n) is 10.2. The Hall–Kier alpha value is -0.580. The molecule has 0 amide bonds. The van der Waals surface area contributed by atoms with Crippen molar-refractivity contribution < 1.29 is 8.42 Å². The number of nitrogens with zero attached hydrogens (tertiary/aromatic N) is 1. The van der Waals surface area contributed by atoms with Crippen molar-refractivity contribution in [3.05, 3.63) is 35.4 Å². The fourth-order valence-corrected chi connectivity index (χ4v) is 3.38. The molecule has 0 atom stereocenters. The lowest BCUT2D eigenvalue weighted by atomic mass is 10.1. The average molecular weight is 276 g/mol. The van der Waals surface area contributed by atoms with Crippen molar-refractivity contribution in [1.29, 1.82) is 0 Å². The molecule has 1 rings (SSSR count). The monoisotopic (exact) mass is 275 g/mol. The topological polar surface area (TPSA) is 37.4 Å². The molecular weight excluding hydrogens is 258 g/mol. The molecule has 0 saturated heterocycles. The molecular formula is C12H18ClNO2S. The lowest BCUT2D eigenvalue weighted by Crippen LogP contribution is -2.33. The first-order valence-corrected chi connectivity index (χ1v) is 7.74. The van der Waals surface area contributed by atoms with Gasteiger partial charge in [0.15, 0.2) is 0 Å². The van der Waals surface area contributed by atoms with Crippen LogP contribution in [0.25, 0.3) is 0 Å². The van der Waals surface area contributed by atoms with Crippen molar-refractivity contribution in [2.75, 3.05) is 18.2 Å². The second-order valence-corrected chi connectivity index (χ2v) is 6.32. The van der Waals surface area contributed by atoms with Crippen LogP contribution in [0, 0.1) is 6.92 Å². The SMILES string of the molecule is CCN(Cc1ccccc1C)S(=O)(=O)CCCl. The third kappa shape index (κ3) is 3.98. The van der Waals surface area contributed by atoms with Gasteiger partial charge in [0.1, 0.15) is 0 Å². The van der Waals surface area contributed by atoms with E-state index in [1.54, 1.807) is 0 Å². The van der Waals surface area contributed by atoms with Crippen LogP contribution in [0.5, 0.6) is 0 Å². The Bertz CT molecular complexity index is 459. The number of hydrogen-bond donors (Lipinski definition) is 0. The lowest BCUT2D eigenvalue weighted by molar-refractivity contribution is 0.424. The highest BCUT2D eigenvalue weighted by molar-refractivity contribution is 7.89. The maximum Gasteiger partial charge on any atom is 0.215 e. The van der Waals surface area contributed by atoms with Crippen molar-refractivity contribution in [2.24, 2.45) is 0 Å². The molecule has 5 heteroatoms. The van der Waals surface area contributed by atoms with E-state index >= 15 is 0 Å². The summed E-state index contributed by atoms with van der Waals surface area (Å²) in [5.41, 5.74) is 2.14. The Morgan fingerprint density at radius 2 is 1.94 bits per heavy atom. The molecule has 1 aromatic rings.